The average molecular weight is 597 g/mol. The lowest BCUT2D eigenvalue weighted by molar-refractivity contribution is 0.299. The van der Waals surface area contributed by atoms with E-state index in [0.29, 0.717) is 22.8 Å². The van der Waals surface area contributed by atoms with E-state index in [4.69, 9.17) is 15.6 Å². The van der Waals surface area contributed by atoms with Gasteiger partial charge in [-0.2, -0.15) is 0 Å². The molecule has 42 heavy (non-hydrogen) atoms. The first-order valence-corrected chi connectivity index (χ1v) is 14.9. The van der Waals surface area contributed by atoms with E-state index in [9.17, 15) is 12.8 Å². The normalized spacial score (nSPS) is 17.0. The number of halogens is 2. The van der Waals surface area contributed by atoms with Crippen LogP contribution in [0.5, 0.6) is 11.5 Å². The van der Waals surface area contributed by atoms with Crippen molar-refractivity contribution in [3.8, 4) is 22.8 Å². The number of aliphatic hydroxyl groups is 1. The molecule has 4 aromatic rings. The van der Waals surface area contributed by atoms with Crippen LogP contribution in [0, 0.1) is 11.6 Å². The highest BCUT2D eigenvalue weighted by atomic mass is 32.2. The lowest BCUT2D eigenvalue weighted by Crippen LogP contribution is -2.33. The Morgan fingerprint density at radius 3 is 2.52 bits per heavy atom. The van der Waals surface area contributed by atoms with Gasteiger partial charge in [0, 0.05) is 43.3 Å². The zero-order valence-corrected chi connectivity index (χ0v) is 23.3. The van der Waals surface area contributed by atoms with Gasteiger partial charge in [0.25, 0.3) is 10.0 Å². The van der Waals surface area contributed by atoms with Crippen LogP contribution in [0.2, 0.25) is 0 Å². The number of hydrogen-bond acceptors (Lipinski definition) is 9. The van der Waals surface area contributed by atoms with Crippen LogP contribution in [0.1, 0.15) is 31.2 Å². The first kappa shape index (κ1) is 29.3. The minimum absolute atomic E-state index is 0.121. The molecule has 0 amide bonds. The van der Waals surface area contributed by atoms with Gasteiger partial charge < -0.3 is 20.9 Å². The number of aromatic nitrogens is 3. The number of hydrogen-bond donors (Lipinski definition) is 4. The maximum Gasteiger partial charge on any atom is 0.264 e. The van der Waals surface area contributed by atoms with Crippen LogP contribution in [-0.4, -0.2) is 47.2 Å². The molecule has 1 aliphatic carbocycles. The van der Waals surface area contributed by atoms with Crippen molar-refractivity contribution in [1.29, 1.82) is 0 Å². The van der Waals surface area contributed by atoms with E-state index in [0.717, 1.165) is 43.9 Å². The van der Waals surface area contributed by atoms with Gasteiger partial charge in [0.2, 0.25) is 5.95 Å². The van der Waals surface area contributed by atoms with Gasteiger partial charge in [-0.25, -0.2) is 27.2 Å². The minimum Gasteiger partial charge on any atom is -0.453 e. The number of sulfonamides is 1. The summed E-state index contributed by atoms with van der Waals surface area (Å²) in [4.78, 5) is 12.5. The summed E-state index contributed by atoms with van der Waals surface area (Å²) in [7, 11) is -4.35. The quantitative estimate of drug-likeness (QED) is 0.205. The lowest BCUT2D eigenvalue weighted by Gasteiger charge is -2.26. The Bertz CT molecular complexity index is 1670. The number of nitrogens with zero attached hydrogens (tertiary/aromatic N) is 3. The largest absolute Gasteiger partial charge is 0.453 e. The number of anilines is 2. The highest BCUT2D eigenvalue weighted by molar-refractivity contribution is 7.92. The number of rotatable bonds is 10. The highest BCUT2D eigenvalue weighted by Crippen LogP contribution is 2.34. The topological polar surface area (TPSA) is 152 Å². The number of nitrogens with two attached hydrogens (primary N) is 1. The van der Waals surface area contributed by atoms with Crippen LogP contribution >= 0.6 is 0 Å². The van der Waals surface area contributed by atoms with E-state index in [1.54, 1.807) is 24.5 Å². The Hall–Kier alpha value is -4.20. The SMILES string of the molecule is NC1CCC(Nc2nccc(-c3cnccc3Oc3ccc(NS(=O)(=O)c4ccc(CCO)cc4F)cc3F)n2)CC1. The smallest absolute Gasteiger partial charge is 0.264 e. The van der Waals surface area contributed by atoms with Gasteiger partial charge in [0.1, 0.15) is 16.5 Å². The van der Waals surface area contributed by atoms with Gasteiger partial charge in [-0.1, -0.05) is 6.07 Å². The molecule has 0 spiro atoms. The molecule has 13 heteroatoms. The standard InChI is InChI=1S/C29H30F2N6O4S/c30-23-16-21(37-42(39,40)28-8-1-18(11-14-38)15-24(28)31)6-7-27(23)41-26-10-12-33-17-22(26)25-9-13-34-29(36-25)35-20-4-2-19(32)3-5-20/h1,6-10,12-13,15-17,19-20,37-38H,2-5,11,14,32H2,(H,34,35,36). The number of pyridine rings is 1. The summed E-state index contributed by atoms with van der Waals surface area (Å²) in [5.74, 6) is -1.28. The minimum atomic E-state index is -4.35. The van der Waals surface area contributed by atoms with Crippen molar-refractivity contribution in [2.75, 3.05) is 16.6 Å². The van der Waals surface area contributed by atoms with Crippen molar-refractivity contribution >= 4 is 21.7 Å². The van der Waals surface area contributed by atoms with E-state index >= 15 is 4.39 Å². The number of aliphatic hydroxyl groups excluding tert-OH is 1. The fourth-order valence-corrected chi connectivity index (χ4v) is 5.82. The van der Waals surface area contributed by atoms with Crippen molar-refractivity contribution < 1.29 is 27.0 Å². The highest BCUT2D eigenvalue weighted by Gasteiger charge is 2.22. The zero-order chi connectivity index (χ0) is 29.7. The Kier molecular flexibility index (Phi) is 8.90. The van der Waals surface area contributed by atoms with Gasteiger partial charge in [0.15, 0.2) is 11.6 Å². The molecule has 2 aromatic heterocycles. The maximum atomic E-state index is 15.1. The van der Waals surface area contributed by atoms with Gasteiger partial charge in [-0.3, -0.25) is 9.71 Å². The summed E-state index contributed by atoms with van der Waals surface area (Å²) in [6, 6.07) is 10.7. The second-order valence-corrected chi connectivity index (χ2v) is 11.6. The third-order valence-electron chi connectivity index (χ3n) is 6.91. The van der Waals surface area contributed by atoms with Crippen LogP contribution in [-0.2, 0) is 16.4 Å². The molecule has 0 aliphatic heterocycles. The van der Waals surface area contributed by atoms with E-state index in [1.165, 1.54) is 24.4 Å². The second-order valence-electron chi connectivity index (χ2n) is 9.98. The molecular weight excluding hydrogens is 566 g/mol. The van der Waals surface area contributed by atoms with Crippen molar-refractivity contribution in [1.82, 2.24) is 15.0 Å². The van der Waals surface area contributed by atoms with Crippen LogP contribution in [0.3, 0.4) is 0 Å². The predicted octanol–water partition coefficient (Wildman–Crippen LogP) is 4.63. The molecule has 2 aromatic carbocycles. The maximum absolute atomic E-state index is 15.1. The van der Waals surface area contributed by atoms with Crippen LogP contribution < -0.4 is 20.5 Å². The number of nitrogens with one attached hydrogen (secondary N) is 2. The van der Waals surface area contributed by atoms with Crippen LogP contribution in [0.4, 0.5) is 20.4 Å². The summed E-state index contributed by atoms with van der Waals surface area (Å²) in [6.07, 6.45) is 8.54. The van der Waals surface area contributed by atoms with Gasteiger partial charge in [-0.05, 0) is 74.1 Å². The third kappa shape index (κ3) is 6.98. The molecule has 0 unspecified atom stereocenters. The Morgan fingerprint density at radius 2 is 1.79 bits per heavy atom. The molecule has 0 bridgehead atoms. The van der Waals surface area contributed by atoms with Gasteiger partial charge in [-0.15, -0.1) is 0 Å². The molecule has 5 rings (SSSR count). The van der Waals surface area contributed by atoms with Crippen LogP contribution in [0.15, 0.2) is 72.0 Å². The zero-order valence-electron chi connectivity index (χ0n) is 22.5. The Morgan fingerprint density at radius 1 is 0.976 bits per heavy atom. The molecule has 220 valence electrons. The molecule has 1 saturated carbocycles. The van der Waals surface area contributed by atoms with Crippen LogP contribution in [0.25, 0.3) is 11.3 Å². The number of benzene rings is 2. The van der Waals surface area contributed by atoms with Crippen molar-refractivity contribution in [2.45, 2.75) is 49.1 Å². The Balaban J connectivity index is 1.32. The summed E-state index contributed by atoms with van der Waals surface area (Å²) in [5, 5.41) is 12.4. The molecule has 10 nitrogen and oxygen atoms in total. The summed E-state index contributed by atoms with van der Waals surface area (Å²) < 4.78 is 63.1. The van der Waals surface area contributed by atoms with Gasteiger partial charge >= 0.3 is 0 Å². The third-order valence-corrected chi connectivity index (χ3v) is 8.32. The molecule has 0 radical (unpaired) electrons. The molecule has 1 aliphatic rings. The molecule has 1 fully saturated rings. The second kappa shape index (κ2) is 12.8. The summed E-state index contributed by atoms with van der Waals surface area (Å²) in [6.45, 7) is -0.202. The van der Waals surface area contributed by atoms with Gasteiger partial charge in [0.05, 0.1) is 16.9 Å². The fourth-order valence-electron chi connectivity index (χ4n) is 4.71. The summed E-state index contributed by atoms with van der Waals surface area (Å²) in [5.41, 5.74) is 7.34. The monoisotopic (exact) mass is 596 g/mol. The predicted molar refractivity (Wildman–Crippen MR) is 154 cm³/mol. The number of ether oxygens (including phenoxy) is 1. The first-order chi connectivity index (χ1) is 20.2. The first-order valence-electron chi connectivity index (χ1n) is 13.4. The molecule has 0 saturated heterocycles. The van der Waals surface area contributed by atoms with E-state index in [1.807, 2.05) is 0 Å². The van der Waals surface area contributed by atoms with E-state index < -0.39 is 26.6 Å². The van der Waals surface area contributed by atoms with Crippen molar-refractivity contribution in [2.24, 2.45) is 5.73 Å². The molecule has 2 heterocycles. The summed E-state index contributed by atoms with van der Waals surface area (Å²) >= 11 is 0. The van der Waals surface area contributed by atoms with E-state index in [-0.39, 0.29) is 42.3 Å². The average Bonchev–Trinajstić information content (AvgIpc) is 2.96. The van der Waals surface area contributed by atoms with Crippen molar-refractivity contribution in [3.63, 3.8) is 0 Å². The Labute approximate surface area is 242 Å². The molecule has 5 N–H and O–H groups in total. The fraction of sp³-hybridized carbons (Fsp3) is 0.276. The lowest BCUT2D eigenvalue weighted by atomic mass is 9.92. The van der Waals surface area contributed by atoms with Crippen molar-refractivity contribution in [3.05, 3.63) is 84.3 Å². The molecular formula is C29H30F2N6O4S. The van der Waals surface area contributed by atoms with E-state index in [2.05, 4.69) is 25.0 Å². The molecule has 0 atom stereocenters.